The van der Waals surface area contributed by atoms with E-state index >= 15 is 0 Å². The number of carbonyl (C=O) groups excluding carboxylic acids is 1. The van der Waals surface area contributed by atoms with Crippen LogP contribution in [0.15, 0.2) is 59.2 Å². The first-order valence-electron chi connectivity index (χ1n) is 11.5. The van der Waals surface area contributed by atoms with Gasteiger partial charge in [0.25, 0.3) is 5.88 Å². The molecule has 1 aliphatic carbocycles. The third-order valence-electron chi connectivity index (χ3n) is 5.52. The molecule has 8 heteroatoms. The highest BCUT2D eigenvalue weighted by atomic mass is 16.7. The monoisotopic (exact) mass is 470 g/mol. The quantitative estimate of drug-likeness (QED) is 0.253. The molecule has 2 atom stereocenters. The van der Waals surface area contributed by atoms with E-state index < -0.39 is 11.5 Å². The van der Waals surface area contributed by atoms with Gasteiger partial charge in [0.2, 0.25) is 0 Å². The Bertz CT molecular complexity index is 969. The molecule has 184 valence electrons. The number of aliphatic hydroxyl groups is 1. The lowest BCUT2D eigenvalue weighted by atomic mass is 9.74. The Morgan fingerprint density at radius 1 is 1.21 bits per heavy atom. The summed E-state index contributed by atoms with van der Waals surface area (Å²) < 4.78 is 22.6. The predicted octanol–water partition coefficient (Wildman–Crippen LogP) is 3.76. The summed E-state index contributed by atoms with van der Waals surface area (Å²) in [4.78, 5) is 15.8. The summed E-state index contributed by atoms with van der Waals surface area (Å²) in [6, 6.07) is 9.74. The highest BCUT2D eigenvalue weighted by Gasteiger charge is 2.47. The van der Waals surface area contributed by atoms with Crippen LogP contribution in [0.2, 0.25) is 0 Å². The fraction of sp³-hybridized carbons (Fsp3) is 0.462. The molecule has 8 nitrogen and oxygen atoms in total. The number of aromatic nitrogens is 1. The topological polar surface area (TPSA) is 94.3 Å². The molecule has 34 heavy (non-hydrogen) atoms. The molecule has 1 heterocycles. The van der Waals surface area contributed by atoms with Gasteiger partial charge in [-0.05, 0) is 31.2 Å². The van der Waals surface area contributed by atoms with Gasteiger partial charge < -0.3 is 28.7 Å². The van der Waals surface area contributed by atoms with E-state index in [0.29, 0.717) is 25.5 Å². The Balaban J connectivity index is 1.78. The number of hydrogen-bond acceptors (Lipinski definition) is 8. The average molecular weight is 471 g/mol. The zero-order valence-corrected chi connectivity index (χ0v) is 20.1. The van der Waals surface area contributed by atoms with Gasteiger partial charge in [-0.15, -0.1) is 0 Å². The zero-order valence-electron chi connectivity index (χ0n) is 20.1. The molecule has 2 aromatic rings. The van der Waals surface area contributed by atoms with E-state index in [9.17, 15) is 9.90 Å². The highest BCUT2D eigenvalue weighted by molar-refractivity contribution is 6.05. The number of ether oxygens (including phenoxy) is 3. The first-order chi connectivity index (χ1) is 16.5. The van der Waals surface area contributed by atoms with Gasteiger partial charge >= 0.3 is 0 Å². The van der Waals surface area contributed by atoms with Gasteiger partial charge in [-0.2, -0.15) is 0 Å². The van der Waals surface area contributed by atoms with Crippen LogP contribution in [-0.4, -0.2) is 61.2 Å². The molecular weight excluding hydrogens is 436 g/mol. The van der Waals surface area contributed by atoms with Gasteiger partial charge in [-0.1, -0.05) is 68.0 Å². The molecule has 0 saturated heterocycles. The number of benzene rings is 1. The fourth-order valence-electron chi connectivity index (χ4n) is 3.65. The smallest absolute Gasteiger partial charge is 0.265 e. The summed E-state index contributed by atoms with van der Waals surface area (Å²) in [7, 11) is 3.74. The van der Waals surface area contributed by atoms with Crippen LogP contribution in [0.5, 0.6) is 5.88 Å². The summed E-state index contributed by atoms with van der Waals surface area (Å²) >= 11 is 0. The van der Waals surface area contributed by atoms with E-state index in [0.717, 1.165) is 18.4 Å². The normalized spacial score (nSPS) is 19.6. The van der Waals surface area contributed by atoms with Gasteiger partial charge in [-0.3, -0.25) is 4.79 Å². The summed E-state index contributed by atoms with van der Waals surface area (Å²) in [5, 5.41) is 14.9. The van der Waals surface area contributed by atoms with Gasteiger partial charge in [0.1, 0.15) is 17.8 Å². The minimum atomic E-state index is -1.36. The lowest BCUT2D eigenvalue weighted by molar-refractivity contribution is -0.0876. The molecule has 1 aliphatic rings. The third-order valence-corrected chi connectivity index (χ3v) is 5.52. The van der Waals surface area contributed by atoms with Crippen molar-refractivity contribution in [2.24, 2.45) is 5.41 Å². The van der Waals surface area contributed by atoms with E-state index in [1.807, 2.05) is 49.3 Å². The molecule has 1 aromatic heterocycles. The Morgan fingerprint density at radius 2 is 2.00 bits per heavy atom. The summed E-state index contributed by atoms with van der Waals surface area (Å²) in [5.74, 6) is 0.162. The van der Waals surface area contributed by atoms with E-state index in [4.69, 9.17) is 18.7 Å². The van der Waals surface area contributed by atoms with Crippen molar-refractivity contribution in [1.29, 1.82) is 0 Å². The number of allylic oxidation sites excluding steroid dienone is 2. The second-order valence-corrected chi connectivity index (χ2v) is 8.58. The molecule has 1 N–H and O–H groups in total. The average Bonchev–Trinajstić information content (AvgIpc) is 3.22. The number of aliphatic hydroxyl groups excluding tert-OH is 1. The number of ketones is 1. The number of nitrogens with zero attached hydrogens (tertiary/aromatic N) is 2. The Kier molecular flexibility index (Phi) is 9.59. The van der Waals surface area contributed by atoms with Gasteiger partial charge in [-0.25, -0.2) is 0 Å². The molecule has 0 aliphatic heterocycles. The fourth-order valence-corrected chi connectivity index (χ4v) is 3.65. The summed E-state index contributed by atoms with van der Waals surface area (Å²) in [5.41, 5.74) is -0.109. The van der Waals surface area contributed by atoms with Crippen LogP contribution in [-0.2, 0) is 22.6 Å². The molecule has 0 amide bonds. The molecule has 0 radical (unpaired) electrons. The lowest BCUT2D eigenvalue weighted by Crippen LogP contribution is -2.45. The number of rotatable bonds is 14. The van der Waals surface area contributed by atoms with Gasteiger partial charge in [0.15, 0.2) is 11.5 Å². The van der Waals surface area contributed by atoms with Crippen LogP contribution >= 0.6 is 0 Å². The van der Waals surface area contributed by atoms with Crippen LogP contribution in [0.4, 0.5) is 0 Å². The van der Waals surface area contributed by atoms with Crippen molar-refractivity contribution in [2.75, 3.05) is 34.1 Å². The zero-order chi connectivity index (χ0) is 24.4. The van der Waals surface area contributed by atoms with E-state index in [-0.39, 0.29) is 30.6 Å². The molecule has 0 fully saturated rings. The maximum atomic E-state index is 14.0. The van der Waals surface area contributed by atoms with Crippen molar-refractivity contribution in [1.82, 2.24) is 10.1 Å². The second kappa shape index (κ2) is 12.6. The van der Waals surface area contributed by atoms with Crippen molar-refractivity contribution >= 4 is 5.78 Å². The number of Topliss-reactive ketones (excluding diaryl/α,β-unsaturated/α-hetero) is 1. The maximum Gasteiger partial charge on any atom is 0.265 e. The largest absolute Gasteiger partial charge is 0.475 e. The Morgan fingerprint density at radius 3 is 2.71 bits per heavy atom. The molecule has 0 saturated carbocycles. The van der Waals surface area contributed by atoms with Crippen molar-refractivity contribution in [3.05, 3.63) is 71.5 Å². The first-order valence-corrected chi connectivity index (χ1v) is 11.5. The van der Waals surface area contributed by atoms with Crippen molar-refractivity contribution in [3.63, 3.8) is 0 Å². The van der Waals surface area contributed by atoms with Crippen LogP contribution in [0.1, 0.15) is 41.4 Å². The Hall–Kier alpha value is -2.78. The summed E-state index contributed by atoms with van der Waals surface area (Å²) in [6.45, 7) is 3.11. The second-order valence-electron chi connectivity index (χ2n) is 8.58. The van der Waals surface area contributed by atoms with E-state index in [1.54, 1.807) is 24.3 Å². The molecular formula is C26H34N2O6. The van der Waals surface area contributed by atoms with Crippen molar-refractivity contribution in [3.8, 4) is 5.88 Å². The molecule has 3 rings (SSSR count). The van der Waals surface area contributed by atoms with Crippen LogP contribution in [0, 0.1) is 5.41 Å². The molecule has 0 spiro atoms. The predicted molar refractivity (Wildman–Crippen MR) is 127 cm³/mol. The van der Waals surface area contributed by atoms with Crippen LogP contribution in [0.25, 0.3) is 0 Å². The van der Waals surface area contributed by atoms with Crippen molar-refractivity contribution in [2.45, 2.75) is 39.0 Å². The van der Waals surface area contributed by atoms with E-state index in [2.05, 4.69) is 12.1 Å². The molecule has 0 bridgehead atoms. The van der Waals surface area contributed by atoms with Crippen molar-refractivity contribution < 1.29 is 28.6 Å². The minimum absolute atomic E-state index is 0.0255. The first kappa shape index (κ1) is 25.8. The molecule has 1 aromatic carbocycles. The van der Waals surface area contributed by atoms with Gasteiger partial charge in [0.05, 0.1) is 32.5 Å². The minimum Gasteiger partial charge on any atom is -0.475 e. The maximum absolute atomic E-state index is 14.0. The van der Waals surface area contributed by atoms with Crippen LogP contribution < -0.4 is 4.74 Å². The SMILES string of the molecule is CCCCOc1noc(CN(C)C)c1C(=O)[C@]1(COCOCc2ccccc2)C=CC=CC1O. The third kappa shape index (κ3) is 6.42. The van der Waals surface area contributed by atoms with Gasteiger partial charge in [0, 0.05) is 0 Å². The Labute approximate surface area is 200 Å². The number of carbonyl (C=O) groups is 1. The van der Waals surface area contributed by atoms with E-state index in [1.165, 1.54) is 0 Å². The molecule has 1 unspecified atom stereocenters. The highest BCUT2D eigenvalue weighted by Crippen LogP contribution is 2.37. The number of unbranched alkanes of at least 4 members (excludes halogenated alkanes) is 1. The number of hydrogen-bond donors (Lipinski definition) is 1. The van der Waals surface area contributed by atoms with Crippen LogP contribution in [0.3, 0.4) is 0 Å². The standard InChI is InChI=1S/C26H34N2O6/c1-4-5-15-33-25-23(21(34-27-25)16-28(2)3)24(30)26(14-10-9-13-22(26)29)18-32-19-31-17-20-11-7-6-8-12-20/h6-14,22,29H,4-5,15-19H2,1-3H3/t22?,26-/m0/s1. The lowest BCUT2D eigenvalue weighted by Gasteiger charge is -2.33. The summed E-state index contributed by atoms with van der Waals surface area (Å²) in [6.07, 6.45) is 7.35.